The van der Waals surface area contributed by atoms with Gasteiger partial charge in [0.15, 0.2) is 0 Å². The van der Waals surface area contributed by atoms with Gasteiger partial charge in [0.2, 0.25) is 0 Å². The Bertz CT molecular complexity index is 367. The fraction of sp³-hybridized carbons (Fsp3) is 0.571. The molecule has 4 heteroatoms. The van der Waals surface area contributed by atoms with Crippen molar-refractivity contribution in [2.45, 2.75) is 30.3 Å². The Morgan fingerprint density at radius 1 is 1.33 bits per heavy atom. The van der Waals surface area contributed by atoms with Crippen molar-refractivity contribution in [2.75, 3.05) is 19.0 Å². The molecule has 0 saturated carbocycles. The van der Waals surface area contributed by atoms with E-state index in [0.29, 0.717) is 5.92 Å². The maximum atomic E-state index is 10.1. The van der Waals surface area contributed by atoms with E-state index in [2.05, 4.69) is 22.0 Å². The summed E-state index contributed by atoms with van der Waals surface area (Å²) in [6, 6.07) is 8.15. The van der Waals surface area contributed by atoms with E-state index in [-0.39, 0.29) is 6.10 Å². The molecule has 1 heterocycles. The molecular formula is C14H19BrO2S. The van der Waals surface area contributed by atoms with Crippen LogP contribution in [0.1, 0.15) is 19.3 Å². The number of benzene rings is 1. The molecule has 18 heavy (non-hydrogen) atoms. The van der Waals surface area contributed by atoms with Gasteiger partial charge in [-0.25, -0.2) is 0 Å². The lowest BCUT2D eigenvalue weighted by Gasteiger charge is -2.24. The molecule has 2 rings (SSSR count). The Kier molecular flexibility index (Phi) is 6.02. The lowest BCUT2D eigenvalue weighted by atomic mass is 9.94. The van der Waals surface area contributed by atoms with E-state index in [9.17, 15) is 5.11 Å². The van der Waals surface area contributed by atoms with Crippen molar-refractivity contribution in [3.63, 3.8) is 0 Å². The molecule has 1 fully saturated rings. The number of ether oxygens (including phenoxy) is 1. The molecule has 1 aromatic carbocycles. The maximum absolute atomic E-state index is 10.1. The highest BCUT2D eigenvalue weighted by atomic mass is 79.9. The largest absolute Gasteiger partial charge is 0.392 e. The van der Waals surface area contributed by atoms with E-state index in [1.807, 2.05) is 18.2 Å². The quantitative estimate of drug-likeness (QED) is 0.834. The number of hydrogen-bond acceptors (Lipinski definition) is 3. The Labute approximate surface area is 121 Å². The molecule has 1 aliphatic rings. The van der Waals surface area contributed by atoms with Crippen LogP contribution in [-0.2, 0) is 4.74 Å². The highest BCUT2D eigenvalue weighted by Crippen LogP contribution is 2.29. The second-order valence-corrected chi connectivity index (χ2v) is 6.60. The van der Waals surface area contributed by atoms with Gasteiger partial charge < -0.3 is 9.84 Å². The molecule has 0 radical (unpaired) electrons. The molecule has 1 aliphatic heterocycles. The monoisotopic (exact) mass is 330 g/mol. The summed E-state index contributed by atoms with van der Waals surface area (Å²) < 4.78 is 6.44. The molecule has 0 aliphatic carbocycles. The zero-order chi connectivity index (χ0) is 12.8. The minimum atomic E-state index is -0.217. The van der Waals surface area contributed by atoms with Gasteiger partial charge in [-0.2, -0.15) is 0 Å². The Morgan fingerprint density at radius 3 is 2.78 bits per heavy atom. The first kappa shape index (κ1) is 14.4. The van der Waals surface area contributed by atoms with Crippen LogP contribution >= 0.6 is 27.7 Å². The Balaban J connectivity index is 1.74. The molecule has 0 bridgehead atoms. The van der Waals surface area contributed by atoms with Crippen LogP contribution in [0.15, 0.2) is 33.6 Å². The SMILES string of the molecule is OC(CSc1ccccc1Br)CC1CCOCC1. The minimum absolute atomic E-state index is 0.217. The molecule has 0 aromatic heterocycles. The number of thioether (sulfide) groups is 1. The van der Waals surface area contributed by atoms with E-state index in [1.54, 1.807) is 11.8 Å². The minimum Gasteiger partial charge on any atom is -0.392 e. The third-order valence-corrected chi connectivity index (χ3v) is 5.39. The van der Waals surface area contributed by atoms with E-state index in [4.69, 9.17) is 4.74 Å². The van der Waals surface area contributed by atoms with E-state index in [1.165, 1.54) is 4.90 Å². The zero-order valence-corrected chi connectivity index (χ0v) is 12.8. The number of rotatable bonds is 5. The second kappa shape index (κ2) is 7.53. The molecular weight excluding hydrogens is 312 g/mol. The van der Waals surface area contributed by atoms with Crippen LogP contribution < -0.4 is 0 Å². The summed E-state index contributed by atoms with van der Waals surface area (Å²) in [6.45, 7) is 1.71. The predicted molar refractivity (Wildman–Crippen MR) is 79.0 cm³/mol. The van der Waals surface area contributed by atoms with Crippen LogP contribution in [0.4, 0.5) is 0 Å². The van der Waals surface area contributed by atoms with Crippen molar-refractivity contribution in [3.8, 4) is 0 Å². The van der Waals surface area contributed by atoms with Gasteiger partial charge in [-0.1, -0.05) is 12.1 Å². The van der Waals surface area contributed by atoms with Crippen molar-refractivity contribution in [3.05, 3.63) is 28.7 Å². The summed E-state index contributed by atoms with van der Waals surface area (Å²) in [6.07, 6.45) is 2.87. The van der Waals surface area contributed by atoms with Gasteiger partial charge in [0.05, 0.1) is 6.10 Å². The van der Waals surface area contributed by atoms with E-state index < -0.39 is 0 Å². The van der Waals surface area contributed by atoms with Crippen molar-refractivity contribution >= 4 is 27.7 Å². The van der Waals surface area contributed by atoms with Crippen molar-refractivity contribution in [2.24, 2.45) is 5.92 Å². The van der Waals surface area contributed by atoms with Crippen molar-refractivity contribution < 1.29 is 9.84 Å². The fourth-order valence-corrected chi connectivity index (χ4v) is 3.70. The number of hydrogen-bond donors (Lipinski definition) is 1. The van der Waals surface area contributed by atoms with Crippen molar-refractivity contribution in [1.82, 2.24) is 0 Å². The summed E-state index contributed by atoms with van der Waals surface area (Å²) in [4.78, 5) is 1.20. The molecule has 1 N–H and O–H groups in total. The van der Waals surface area contributed by atoms with Crippen LogP contribution in [0.2, 0.25) is 0 Å². The summed E-state index contributed by atoms with van der Waals surface area (Å²) >= 11 is 5.24. The maximum Gasteiger partial charge on any atom is 0.0636 e. The summed E-state index contributed by atoms with van der Waals surface area (Å²) in [5.41, 5.74) is 0. The Morgan fingerprint density at radius 2 is 2.06 bits per heavy atom. The molecule has 1 saturated heterocycles. The molecule has 1 atom stereocenters. The third kappa shape index (κ3) is 4.57. The first-order valence-corrected chi connectivity index (χ1v) is 8.16. The van der Waals surface area contributed by atoms with Crippen LogP contribution in [-0.4, -0.2) is 30.2 Å². The predicted octanol–water partition coefficient (Wildman–Crippen LogP) is 3.72. The summed E-state index contributed by atoms with van der Waals surface area (Å²) in [5, 5.41) is 10.1. The van der Waals surface area contributed by atoms with Crippen LogP contribution in [0.25, 0.3) is 0 Å². The molecule has 1 unspecified atom stereocenters. The highest BCUT2D eigenvalue weighted by molar-refractivity contribution is 9.10. The number of aliphatic hydroxyl groups is 1. The summed E-state index contributed by atoms with van der Waals surface area (Å²) in [5.74, 6) is 1.40. The van der Waals surface area contributed by atoms with Gasteiger partial charge in [-0.15, -0.1) is 11.8 Å². The molecule has 2 nitrogen and oxygen atoms in total. The average molecular weight is 331 g/mol. The van der Waals surface area contributed by atoms with Gasteiger partial charge in [0.25, 0.3) is 0 Å². The van der Waals surface area contributed by atoms with Gasteiger partial charge in [-0.05, 0) is 53.2 Å². The lowest BCUT2D eigenvalue weighted by molar-refractivity contribution is 0.0478. The first-order chi connectivity index (χ1) is 8.75. The van der Waals surface area contributed by atoms with Gasteiger partial charge >= 0.3 is 0 Å². The molecule has 100 valence electrons. The van der Waals surface area contributed by atoms with Crippen molar-refractivity contribution in [1.29, 1.82) is 0 Å². The highest BCUT2D eigenvalue weighted by Gasteiger charge is 2.18. The first-order valence-electron chi connectivity index (χ1n) is 6.39. The number of halogens is 1. The molecule has 0 spiro atoms. The van der Waals surface area contributed by atoms with E-state index in [0.717, 1.165) is 42.7 Å². The Hall–Kier alpha value is -0.0300. The standard InChI is InChI=1S/C14H19BrO2S/c15-13-3-1-2-4-14(13)18-10-12(16)9-11-5-7-17-8-6-11/h1-4,11-12,16H,5-10H2. The van der Waals surface area contributed by atoms with Gasteiger partial charge in [0, 0.05) is 28.3 Å². The second-order valence-electron chi connectivity index (χ2n) is 4.69. The summed E-state index contributed by atoms with van der Waals surface area (Å²) in [7, 11) is 0. The topological polar surface area (TPSA) is 29.5 Å². The average Bonchev–Trinajstić information content (AvgIpc) is 2.39. The molecule has 0 amide bonds. The van der Waals surface area contributed by atoms with Gasteiger partial charge in [-0.3, -0.25) is 0 Å². The smallest absolute Gasteiger partial charge is 0.0636 e. The number of aliphatic hydroxyl groups excluding tert-OH is 1. The zero-order valence-electron chi connectivity index (χ0n) is 10.3. The molecule has 1 aromatic rings. The van der Waals surface area contributed by atoms with Gasteiger partial charge in [0.1, 0.15) is 0 Å². The van der Waals surface area contributed by atoms with E-state index >= 15 is 0 Å². The van der Waals surface area contributed by atoms with Crippen LogP contribution in [0.3, 0.4) is 0 Å². The lowest BCUT2D eigenvalue weighted by Crippen LogP contribution is -2.22. The van der Waals surface area contributed by atoms with Crippen LogP contribution in [0, 0.1) is 5.92 Å². The normalized spacial score (nSPS) is 18.8. The van der Waals surface area contributed by atoms with Crippen LogP contribution in [0.5, 0.6) is 0 Å². The fourth-order valence-electron chi connectivity index (χ4n) is 2.18. The third-order valence-electron chi connectivity index (χ3n) is 3.21.